The van der Waals surface area contributed by atoms with Gasteiger partial charge in [0.2, 0.25) is 5.91 Å². The first-order chi connectivity index (χ1) is 7.83. The van der Waals surface area contributed by atoms with Crippen LogP contribution in [0.2, 0.25) is 0 Å². The summed E-state index contributed by atoms with van der Waals surface area (Å²) in [6.07, 6.45) is 2.98. The standard InChI is InChI=1S/C13H14N2O/c14-8-9-15-13(16)12-7-3-5-10-4-1-2-6-11(10)12/h1-2,4,6,12H,3,5,7,9H2,(H,15,16). The average molecular weight is 214 g/mol. The summed E-state index contributed by atoms with van der Waals surface area (Å²) in [4.78, 5) is 11.9. The molecule has 82 valence electrons. The first kappa shape index (κ1) is 10.7. The van der Waals surface area contributed by atoms with Crippen molar-refractivity contribution >= 4 is 5.91 Å². The Morgan fingerprint density at radius 3 is 3.12 bits per heavy atom. The van der Waals surface area contributed by atoms with Crippen molar-refractivity contribution in [3.8, 4) is 6.07 Å². The van der Waals surface area contributed by atoms with Crippen molar-refractivity contribution in [2.45, 2.75) is 25.2 Å². The summed E-state index contributed by atoms with van der Waals surface area (Å²) in [6, 6.07) is 10.0. The predicted molar refractivity (Wildman–Crippen MR) is 60.7 cm³/mol. The highest BCUT2D eigenvalue weighted by atomic mass is 16.1. The Kier molecular flexibility index (Phi) is 3.21. The van der Waals surface area contributed by atoms with Gasteiger partial charge in [0.1, 0.15) is 6.54 Å². The summed E-state index contributed by atoms with van der Waals surface area (Å²) >= 11 is 0. The average Bonchev–Trinajstić information content (AvgIpc) is 2.35. The van der Waals surface area contributed by atoms with Gasteiger partial charge in [-0.3, -0.25) is 4.79 Å². The summed E-state index contributed by atoms with van der Waals surface area (Å²) < 4.78 is 0. The molecule has 1 aromatic carbocycles. The van der Waals surface area contributed by atoms with Crippen LogP contribution in [-0.4, -0.2) is 12.5 Å². The van der Waals surface area contributed by atoms with Crippen LogP contribution in [0.15, 0.2) is 24.3 Å². The summed E-state index contributed by atoms with van der Waals surface area (Å²) in [7, 11) is 0. The van der Waals surface area contributed by atoms with Crippen LogP contribution in [0.3, 0.4) is 0 Å². The number of carbonyl (C=O) groups is 1. The predicted octanol–water partition coefficient (Wildman–Crippen LogP) is 1.75. The molecule has 1 unspecified atom stereocenters. The summed E-state index contributed by atoms with van der Waals surface area (Å²) in [5.74, 6) is -0.0907. The molecule has 1 atom stereocenters. The third-order valence-electron chi connectivity index (χ3n) is 3.03. The van der Waals surface area contributed by atoms with E-state index in [1.165, 1.54) is 5.56 Å². The van der Waals surface area contributed by atoms with Crippen LogP contribution in [-0.2, 0) is 11.2 Å². The maximum atomic E-state index is 11.9. The Balaban J connectivity index is 2.19. The topological polar surface area (TPSA) is 52.9 Å². The number of amides is 1. The van der Waals surface area contributed by atoms with Gasteiger partial charge in [-0.25, -0.2) is 0 Å². The van der Waals surface area contributed by atoms with E-state index in [1.807, 2.05) is 24.3 Å². The molecular weight excluding hydrogens is 200 g/mol. The third kappa shape index (κ3) is 2.06. The van der Waals surface area contributed by atoms with Crippen LogP contribution >= 0.6 is 0 Å². The molecule has 0 aliphatic heterocycles. The zero-order chi connectivity index (χ0) is 11.4. The highest BCUT2D eigenvalue weighted by molar-refractivity contribution is 5.84. The van der Waals surface area contributed by atoms with Crippen LogP contribution in [0, 0.1) is 11.3 Å². The van der Waals surface area contributed by atoms with E-state index in [2.05, 4.69) is 11.4 Å². The summed E-state index contributed by atoms with van der Waals surface area (Å²) in [5.41, 5.74) is 2.40. The largest absolute Gasteiger partial charge is 0.342 e. The molecule has 0 saturated heterocycles. The number of fused-ring (bicyclic) bond motifs is 1. The Morgan fingerprint density at radius 1 is 1.50 bits per heavy atom. The zero-order valence-electron chi connectivity index (χ0n) is 9.07. The second kappa shape index (κ2) is 4.80. The van der Waals surface area contributed by atoms with Crippen LogP contribution in [0.25, 0.3) is 0 Å². The Bertz CT molecular complexity index is 434. The van der Waals surface area contributed by atoms with E-state index in [9.17, 15) is 4.79 Å². The maximum absolute atomic E-state index is 11.9. The molecule has 0 aromatic heterocycles. The van der Waals surface area contributed by atoms with Gasteiger partial charge < -0.3 is 5.32 Å². The Hall–Kier alpha value is -1.82. The maximum Gasteiger partial charge on any atom is 0.228 e. The summed E-state index contributed by atoms with van der Waals surface area (Å²) in [5, 5.41) is 11.1. The Labute approximate surface area is 95.1 Å². The molecular formula is C13H14N2O. The van der Waals surface area contributed by atoms with Crippen molar-refractivity contribution in [3.63, 3.8) is 0 Å². The van der Waals surface area contributed by atoms with Gasteiger partial charge in [-0.05, 0) is 30.4 Å². The van der Waals surface area contributed by atoms with E-state index in [0.29, 0.717) is 0 Å². The van der Waals surface area contributed by atoms with Gasteiger partial charge in [-0.15, -0.1) is 0 Å². The number of hydrogen-bond donors (Lipinski definition) is 1. The van der Waals surface area contributed by atoms with E-state index in [1.54, 1.807) is 0 Å². The highest BCUT2D eigenvalue weighted by Gasteiger charge is 2.25. The molecule has 0 spiro atoms. The smallest absolute Gasteiger partial charge is 0.228 e. The number of aryl methyl sites for hydroxylation is 1. The highest BCUT2D eigenvalue weighted by Crippen LogP contribution is 2.31. The second-order valence-corrected chi connectivity index (χ2v) is 4.02. The lowest BCUT2D eigenvalue weighted by Crippen LogP contribution is -2.31. The van der Waals surface area contributed by atoms with E-state index < -0.39 is 0 Å². The molecule has 1 amide bonds. The number of hydrogen-bond acceptors (Lipinski definition) is 2. The normalized spacial score (nSPS) is 18.3. The van der Waals surface area contributed by atoms with Gasteiger partial charge in [0, 0.05) is 0 Å². The molecule has 3 nitrogen and oxygen atoms in total. The van der Waals surface area contributed by atoms with Gasteiger partial charge in [0.15, 0.2) is 0 Å². The van der Waals surface area contributed by atoms with Crippen LogP contribution in [0.5, 0.6) is 0 Å². The van der Waals surface area contributed by atoms with Gasteiger partial charge >= 0.3 is 0 Å². The number of carbonyl (C=O) groups excluding carboxylic acids is 1. The molecule has 0 radical (unpaired) electrons. The molecule has 1 aromatic rings. The van der Waals surface area contributed by atoms with Crippen LogP contribution in [0.4, 0.5) is 0 Å². The fourth-order valence-corrected chi connectivity index (χ4v) is 2.28. The van der Waals surface area contributed by atoms with Crippen molar-refractivity contribution < 1.29 is 4.79 Å². The molecule has 0 bridgehead atoms. The zero-order valence-corrected chi connectivity index (χ0v) is 9.07. The fourth-order valence-electron chi connectivity index (χ4n) is 2.28. The van der Waals surface area contributed by atoms with Gasteiger partial charge in [-0.2, -0.15) is 5.26 Å². The van der Waals surface area contributed by atoms with Gasteiger partial charge in [0.25, 0.3) is 0 Å². The van der Waals surface area contributed by atoms with Gasteiger partial charge in [-0.1, -0.05) is 24.3 Å². The summed E-state index contributed by atoms with van der Waals surface area (Å²) in [6.45, 7) is 0.0947. The number of nitrogens with one attached hydrogen (secondary N) is 1. The monoisotopic (exact) mass is 214 g/mol. The molecule has 2 rings (SSSR count). The molecule has 3 heteroatoms. The molecule has 0 saturated carbocycles. The van der Waals surface area contributed by atoms with E-state index in [-0.39, 0.29) is 18.4 Å². The van der Waals surface area contributed by atoms with Crippen LogP contribution < -0.4 is 5.32 Å². The first-order valence-electron chi connectivity index (χ1n) is 5.55. The molecule has 0 fully saturated rings. The second-order valence-electron chi connectivity index (χ2n) is 4.02. The van der Waals surface area contributed by atoms with E-state index >= 15 is 0 Å². The van der Waals surface area contributed by atoms with Gasteiger partial charge in [0.05, 0.1) is 12.0 Å². The molecule has 1 aliphatic rings. The minimum absolute atomic E-state index is 0.0197. The number of rotatable bonds is 2. The quantitative estimate of drug-likeness (QED) is 0.762. The minimum atomic E-state index is -0.0710. The molecule has 1 aliphatic carbocycles. The van der Waals surface area contributed by atoms with Crippen molar-refractivity contribution in [1.82, 2.24) is 5.32 Å². The van der Waals surface area contributed by atoms with Crippen molar-refractivity contribution in [2.24, 2.45) is 0 Å². The van der Waals surface area contributed by atoms with Crippen molar-refractivity contribution in [3.05, 3.63) is 35.4 Å². The SMILES string of the molecule is N#CCNC(=O)C1CCCc2ccccc21. The van der Waals surface area contributed by atoms with Crippen molar-refractivity contribution in [1.29, 1.82) is 5.26 Å². The number of benzene rings is 1. The van der Waals surface area contributed by atoms with Crippen LogP contribution in [0.1, 0.15) is 29.9 Å². The lowest BCUT2D eigenvalue weighted by molar-refractivity contribution is -0.122. The fraction of sp³-hybridized carbons (Fsp3) is 0.385. The van der Waals surface area contributed by atoms with Crippen molar-refractivity contribution in [2.75, 3.05) is 6.54 Å². The molecule has 0 heterocycles. The van der Waals surface area contributed by atoms with E-state index in [4.69, 9.17) is 5.26 Å². The Morgan fingerprint density at radius 2 is 2.31 bits per heavy atom. The third-order valence-corrected chi connectivity index (χ3v) is 3.03. The number of nitrogens with zero attached hydrogens (tertiary/aromatic N) is 1. The molecule has 1 N–H and O–H groups in total. The first-order valence-corrected chi connectivity index (χ1v) is 5.55. The lowest BCUT2D eigenvalue weighted by atomic mass is 9.82. The molecule has 16 heavy (non-hydrogen) atoms. The minimum Gasteiger partial charge on any atom is -0.342 e. The van der Waals surface area contributed by atoms with E-state index in [0.717, 1.165) is 24.8 Å². The lowest BCUT2D eigenvalue weighted by Gasteiger charge is -2.24. The number of nitriles is 1.